The predicted octanol–water partition coefficient (Wildman–Crippen LogP) is 3.57. The number of fused-ring (bicyclic) bond motifs is 1. The molecule has 0 aliphatic rings. The minimum atomic E-state index is -0.510. The number of rotatable bonds is 9. The van der Waals surface area contributed by atoms with Crippen LogP contribution in [0.1, 0.15) is 18.4 Å². The summed E-state index contributed by atoms with van der Waals surface area (Å²) in [5.41, 5.74) is 1.76. The number of hydrogen-bond acceptors (Lipinski definition) is 6. The average molecular weight is 406 g/mol. The normalized spacial score (nSPS) is 11.0. The van der Waals surface area contributed by atoms with Gasteiger partial charge in [-0.25, -0.2) is 14.4 Å². The fraction of sp³-hybridized carbons (Fsp3) is 0.316. The van der Waals surface area contributed by atoms with Crippen LogP contribution in [-0.4, -0.2) is 38.6 Å². The monoisotopic (exact) mass is 405 g/mol. The molecule has 1 aromatic carbocycles. The zero-order valence-corrected chi connectivity index (χ0v) is 16.2. The van der Waals surface area contributed by atoms with Crippen molar-refractivity contribution in [3.8, 4) is 5.75 Å². The Morgan fingerprint density at radius 3 is 2.96 bits per heavy atom. The van der Waals surface area contributed by atoms with Gasteiger partial charge in [0.25, 0.3) is 0 Å². The van der Waals surface area contributed by atoms with E-state index in [1.165, 1.54) is 19.5 Å². The Balaban J connectivity index is 1.80. The van der Waals surface area contributed by atoms with Crippen LogP contribution < -0.4 is 10.1 Å². The van der Waals surface area contributed by atoms with Crippen LogP contribution in [0.4, 0.5) is 10.2 Å². The van der Waals surface area contributed by atoms with Crippen molar-refractivity contribution in [2.45, 2.75) is 25.9 Å². The molecule has 0 bridgehead atoms. The average Bonchev–Trinajstić information content (AvgIpc) is 3.09. The van der Waals surface area contributed by atoms with Gasteiger partial charge in [0.05, 0.1) is 19.0 Å². The molecule has 0 saturated carbocycles. The van der Waals surface area contributed by atoms with Crippen molar-refractivity contribution in [2.75, 3.05) is 19.0 Å². The second-order valence-corrected chi connectivity index (χ2v) is 6.67. The molecule has 2 heterocycles. The number of aromatic nitrogens is 4. The second-order valence-electron chi connectivity index (χ2n) is 6.26. The molecule has 2 aromatic heterocycles. The maximum absolute atomic E-state index is 14.5. The van der Waals surface area contributed by atoms with Crippen LogP contribution >= 0.6 is 11.6 Å². The molecule has 0 spiro atoms. The van der Waals surface area contributed by atoms with Gasteiger partial charge in [-0.3, -0.25) is 4.68 Å². The minimum Gasteiger partial charge on any atom is -0.494 e. The highest BCUT2D eigenvalue weighted by Gasteiger charge is 2.15. The summed E-state index contributed by atoms with van der Waals surface area (Å²) in [6, 6.07) is 3.07. The summed E-state index contributed by atoms with van der Waals surface area (Å²) in [4.78, 5) is 8.41. The Kier molecular flexibility index (Phi) is 6.43. The van der Waals surface area contributed by atoms with Crippen molar-refractivity contribution in [1.29, 1.82) is 0 Å². The smallest absolute Gasteiger partial charge is 0.186 e. The molecule has 0 aliphatic heterocycles. The minimum absolute atomic E-state index is 0.127. The topological polar surface area (TPSA) is 85.1 Å². The maximum Gasteiger partial charge on any atom is 0.186 e. The van der Waals surface area contributed by atoms with Crippen molar-refractivity contribution in [3.63, 3.8) is 0 Å². The molecule has 7 nitrogen and oxygen atoms in total. The molecular formula is C19H21ClFN5O2. The van der Waals surface area contributed by atoms with Gasteiger partial charge in [-0.05, 0) is 25.0 Å². The Morgan fingerprint density at radius 1 is 1.39 bits per heavy atom. The number of aliphatic hydroxyl groups excluding tert-OH is 1. The van der Waals surface area contributed by atoms with Gasteiger partial charge in [-0.2, -0.15) is 5.10 Å². The van der Waals surface area contributed by atoms with E-state index in [9.17, 15) is 4.39 Å². The molecular weight excluding hydrogens is 385 g/mol. The first-order valence-corrected chi connectivity index (χ1v) is 9.11. The number of ether oxygens (including phenoxy) is 1. The van der Waals surface area contributed by atoms with Crippen LogP contribution in [0.25, 0.3) is 11.0 Å². The van der Waals surface area contributed by atoms with Crippen molar-refractivity contribution in [3.05, 3.63) is 53.2 Å². The molecule has 0 atom stereocenters. The number of allylic oxidation sites excluding steroid dienone is 1. The molecule has 2 N–H and O–H groups in total. The van der Waals surface area contributed by atoms with Crippen LogP contribution in [0, 0.1) is 5.82 Å². The highest BCUT2D eigenvalue weighted by molar-refractivity contribution is 6.31. The van der Waals surface area contributed by atoms with Gasteiger partial charge in [-0.15, -0.1) is 0 Å². The van der Waals surface area contributed by atoms with Crippen LogP contribution in [-0.2, 0) is 13.1 Å². The number of anilines is 1. The second kappa shape index (κ2) is 8.99. The number of methoxy groups -OCH3 is 1. The summed E-state index contributed by atoms with van der Waals surface area (Å²) in [5.74, 6) is 0.141. The summed E-state index contributed by atoms with van der Waals surface area (Å²) < 4.78 is 21.2. The third kappa shape index (κ3) is 4.40. The number of halogens is 2. The molecule has 0 fully saturated rings. The molecule has 9 heteroatoms. The van der Waals surface area contributed by atoms with E-state index in [0.717, 1.165) is 12.0 Å². The first-order valence-electron chi connectivity index (χ1n) is 8.74. The number of benzene rings is 1. The SMILES string of the molecule is C=C(CCCO)Cn1cc2c(NCc3c(Cl)ccc(OC)c3F)ncnc2n1. The summed E-state index contributed by atoms with van der Waals surface area (Å²) in [5, 5.41) is 17.4. The van der Waals surface area contributed by atoms with E-state index in [1.54, 1.807) is 10.7 Å². The lowest BCUT2D eigenvalue weighted by molar-refractivity contribution is 0.287. The highest BCUT2D eigenvalue weighted by atomic mass is 35.5. The van der Waals surface area contributed by atoms with E-state index < -0.39 is 5.82 Å². The number of nitrogens with one attached hydrogen (secondary N) is 1. The standard InChI is InChI=1S/C19H21ClFN5O2/c1-12(4-3-7-27)9-26-10-14-18(23-11-24-19(14)25-26)22-8-13-15(20)5-6-16(28-2)17(13)21/h5-6,10-11,27H,1,3-4,7-9H2,2H3,(H,22,23,24,25). The van der Waals surface area contributed by atoms with Crippen molar-refractivity contribution in [2.24, 2.45) is 0 Å². The Labute approximate surface area is 166 Å². The van der Waals surface area contributed by atoms with Gasteiger partial charge < -0.3 is 15.2 Å². The Hall–Kier alpha value is -2.71. The van der Waals surface area contributed by atoms with Gasteiger partial charge in [-0.1, -0.05) is 23.8 Å². The van der Waals surface area contributed by atoms with E-state index in [1.807, 2.05) is 6.20 Å². The predicted molar refractivity (Wildman–Crippen MR) is 106 cm³/mol. The lowest BCUT2D eigenvalue weighted by Gasteiger charge is -2.11. The molecule has 3 rings (SSSR count). The van der Waals surface area contributed by atoms with E-state index >= 15 is 0 Å². The van der Waals surface area contributed by atoms with Gasteiger partial charge in [0.2, 0.25) is 0 Å². The molecule has 0 amide bonds. The number of aliphatic hydroxyl groups is 1. The van der Waals surface area contributed by atoms with E-state index in [0.29, 0.717) is 34.8 Å². The van der Waals surface area contributed by atoms with E-state index in [4.69, 9.17) is 21.4 Å². The fourth-order valence-electron chi connectivity index (χ4n) is 2.81. The summed E-state index contributed by atoms with van der Waals surface area (Å²) >= 11 is 6.13. The van der Waals surface area contributed by atoms with Crippen LogP contribution in [0.5, 0.6) is 5.75 Å². The highest BCUT2D eigenvalue weighted by Crippen LogP contribution is 2.28. The van der Waals surface area contributed by atoms with Crippen molar-refractivity contribution >= 4 is 28.5 Å². The van der Waals surface area contributed by atoms with Crippen LogP contribution in [0.2, 0.25) is 5.02 Å². The summed E-state index contributed by atoms with van der Waals surface area (Å²) in [6.45, 7) is 4.78. The Bertz CT molecular complexity index is 992. The van der Waals surface area contributed by atoms with E-state index in [-0.39, 0.29) is 24.5 Å². The zero-order chi connectivity index (χ0) is 20.1. The van der Waals surface area contributed by atoms with Crippen LogP contribution in [0.3, 0.4) is 0 Å². The molecule has 3 aromatic rings. The van der Waals surface area contributed by atoms with Crippen molar-refractivity contribution in [1.82, 2.24) is 19.7 Å². The van der Waals surface area contributed by atoms with Gasteiger partial charge in [0.15, 0.2) is 17.2 Å². The van der Waals surface area contributed by atoms with Crippen molar-refractivity contribution < 1.29 is 14.2 Å². The lowest BCUT2D eigenvalue weighted by Crippen LogP contribution is -2.06. The van der Waals surface area contributed by atoms with Gasteiger partial charge in [0.1, 0.15) is 12.1 Å². The summed E-state index contributed by atoms with van der Waals surface area (Å²) in [6.07, 6.45) is 4.59. The largest absolute Gasteiger partial charge is 0.494 e. The Morgan fingerprint density at radius 2 is 2.21 bits per heavy atom. The maximum atomic E-state index is 14.5. The number of nitrogens with zero attached hydrogens (tertiary/aromatic N) is 4. The first-order chi connectivity index (χ1) is 13.5. The molecule has 0 unspecified atom stereocenters. The number of hydrogen-bond donors (Lipinski definition) is 2. The van der Waals surface area contributed by atoms with Gasteiger partial charge >= 0.3 is 0 Å². The third-order valence-electron chi connectivity index (χ3n) is 4.24. The first kappa shape index (κ1) is 20.0. The quantitative estimate of drug-likeness (QED) is 0.529. The third-order valence-corrected chi connectivity index (χ3v) is 4.60. The zero-order valence-electron chi connectivity index (χ0n) is 15.5. The molecule has 148 valence electrons. The molecule has 0 saturated heterocycles. The summed E-state index contributed by atoms with van der Waals surface area (Å²) in [7, 11) is 1.40. The molecule has 0 radical (unpaired) electrons. The van der Waals surface area contributed by atoms with Crippen LogP contribution in [0.15, 0.2) is 36.8 Å². The molecule has 28 heavy (non-hydrogen) atoms. The molecule has 0 aliphatic carbocycles. The van der Waals surface area contributed by atoms with E-state index in [2.05, 4.69) is 27.0 Å². The fourth-order valence-corrected chi connectivity index (χ4v) is 3.02. The van der Waals surface area contributed by atoms with Gasteiger partial charge in [0, 0.05) is 29.9 Å². The lowest BCUT2D eigenvalue weighted by atomic mass is 10.2.